The molecule has 2 aromatic rings. The van der Waals surface area contributed by atoms with Crippen molar-refractivity contribution in [3.8, 4) is 0 Å². The predicted molar refractivity (Wildman–Crippen MR) is 113 cm³/mol. The Morgan fingerprint density at radius 2 is 1.77 bits per heavy atom. The topological polar surface area (TPSA) is 119 Å². The fourth-order valence-electron chi connectivity index (χ4n) is 2.90. The predicted octanol–water partition coefficient (Wildman–Crippen LogP) is 2.45. The second-order valence-corrected chi connectivity index (χ2v) is 11.1. The molecule has 0 aliphatic carbocycles. The van der Waals surface area contributed by atoms with E-state index in [4.69, 9.17) is 16.3 Å². The molecule has 0 bridgehead atoms. The van der Waals surface area contributed by atoms with E-state index in [0.717, 1.165) is 19.1 Å². The average Bonchev–Trinajstić information content (AvgIpc) is 3.21. The van der Waals surface area contributed by atoms with E-state index in [9.17, 15) is 21.6 Å². The van der Waals surface area contributed by atoms with Crippen molar-refractivity contribution in [2.75, 3.05) is 24.7 Å². The number of halogens is 1. The first-order chi connectivity index (χ1) is 14.1. The van der Waals surface area contributed by atoms with Gasteiger partial charge in [0.2, 0.25) is 10.0 Å². The lowest BCUT2D eigenvalue weighted by Gasteiger charge is -2.12. The Morgan fingerprint density at radius 3 is 2.37 bits per heavy atom. The monoisotopic (exact) mass is 472 g/mol. The number of carbonyl (C=O) groups is 1. The summed E-state index contributed by atoms with van der Waals surface area (Å²) in [6.45, 7) is 0.826. The van der Waals surface area contributed by atoms with Crippen LogP contribution in [0.25, 0.3) is 0 Å². The SMILES string of the molecule is CS(=O)(=O)c1ccc(Cl)c(NC(=O)c2ccc(S(=O)(=O)NCC3CCCO3)cc2)c1. The highest BCUT2D eigenvalue weighted by atomic mass is 35.5. The van der Waals surface area contributed by atoms with Crippen LogP contribution in [0.5, 0.6) is 0 Å². The van der Waals surface area contributed by atoms with Gasteiger partial charge >= 0.3 is 0 Å². The quantitative estimate of drug-likeness (QED) is 0.638. The van der Waals surface area contributed by atoms with Crippen LogP contribution in [0.1, 0.15) is 23.2 Å². The lowest BCUT2D eigenvalue weighted by atomic mass is 10.2. The van der Waals surface area contributed by atoms with Crippen molar-refractivity contribution in [3.05, 3.63) is 53.1 Å². The first kappa shape index (κ1) is 22.7. The summed E-state index contributed by atoms with van der Waals surface area (Å²) in [7, 11) is -7.20. The number of hydrogen-bond acceptors (Lipinski definition) is 6. The third kappa shape index (κ3) is 5.58. The van der Waals surface area contributed by atoms with Crippen LogP contribution >= 0.6 is 11.6 Å². The molecule has 0 radical (unpaired) electrons. The van der Waals surface area contributed by atoms with Crippen LogP contribution in [0, 0.1) is 0 Å². The standard InChI is InChI=1S/C19H21ClN2O6S2/c1-29(24,25)16-8-9-17(20)18(11-16)22-19(23)13-4-6-15(7-5-13)30(26,27)21-12-14-3-2-10-28-14/h4-9,11,14,21H,2-3,10,12H2,1H3,(H,22,23). The Bertz CT molecular complexity index is 1140. The van der Waals surface area contributed by atoms with Gasteiger partial charge in [0.05, 0.1) is 26.6 Å². The summed E-state index contributed by atoms with van der Waals surface area (Å²) in [6.07, 6.45) is 2.64. The molecule has 1 fully saturated rings. The van der Waals surface area contributed by atoms with Crippen LogP contribution in [0.15, 0.2) is 52.3 Å². The minimum absolute atomic E-state index is 0.0148. The Hall–Kier alpha value is -1.98. The van der Waals surface area contributed by atoms with E-state index < -0.39 is 25.8 Å². The third-order valence-corrected chi connectivity index (χ3v) is 7.45. The number of sulfone groups is 1. The lowest BCUT2D eigenvalue weighted by molar-refractivity contribution is 0.102. The molecule has 162 valence electrons. The van der Waals surface area contributed by atoms with Gasteiger partial charge in [0.25, 0.3) is 5.91 Å². The van der Waals surface area contributed by atoms with Crippen molar-refractivity contribution in [2.45, 2.75) is 28.7 Å². The van der Waals surface area contributed by atoms with Gasteiger partial charge in [-0.05, 0) is 55.3 Å². The fraction of sp³-hybridized carbons (Fsp3) is 0.316. The van der Waals surface area contributed by atoms with E-state index in [-0.39, 0.29) is 38.7 Å². The van der Waals surface area contributed by atoms with Crippen LogP contribution in [-0.4, -0.2) is 48.3 Å². The minimum atomic E-state index is -3.73. The van der Waals surface area contributed by atoms with E-state index >= 15 is 0 Å². The third-order valence-electron chi connectivity index (χ3n) is 4.57. The molecule has 1 heterocycles. The number of nitrogens with one attached hydrogen (secondary N) is 2. The molecule has 30 heavy (non-hydrogen) atoms. The van der Waals surface area contributed by atoms with Crippen molar-refractivity contribution < 1.29 is 26.4 Å². The molecule has 11 heteroatoms. The van der Waals surface area contributed by atoms with Crippen LogP contribution in [0.4, 0.5) is 5.69 Å². The van der Waals surface area contributed by atoms with Gasteiger partial charge in [-0.15, -0.1) is 0 Å². The van der Waals surface area contributed by atoms with Gasteiger partial charge in [0.1, 0.15) is 0 Å². The number of hydrogen-bond donors (Lipinski definition) is 2. The first-order valence-corrected chi connectivity index (χ1v) is 12.8. The van der Waals surface area contributed by atoms with E-state index in [1.165, 1.54) is 42.5 Å². The number of rotatable bonds is 7. The summed E-state index contributed by atoms with van der Waals surface area (Å²) in [5, 5.41) is 2.72. The second-order valence-electron chi connectivity index (χ2n) is 6.88. The molecule has 0 spiro atoms. The lowest BCUT2D eigenvalue weighted by Crippen LogP contribution is -2.31. The Kier molecular flexibility index (Phi) is 6.83. The summed E-state index contributed by atoms with van der Waals surface area (Å²) in [4.78, 5) is 12.5. The van der Waals surface area contributed by atoms with Crippen molar-refractivity contribution in [2.24, 2.45) is 0 Å². The van der Waals surface area contributed by atoms with E-state index in [2.05, 4.69) is 10.0 Å². The summed E-state index contributed by atoms with van der Waals surface area (Å²) in [6, 6.07) is 9.36. The molecule has 3 rings (SSSR count). The van der Waals surface area contributed by atoms with E-state index in [1.807, 2.05) is 0 Å². The Labute approximate surface area is 180 Å². The van der Waals surface area contributed by atoms with Crippen molar-refractivity contribution in [1.29, 1.82) is 0 Å². The number of benzene rings is 2. The molecule has 1 aliphatic rings. The van der Waals surface area contributed by atoms with Crippen LogP contribution in [0.3, 0.4) is 0 Å². The molecular weight excluding hydrogens is 452 g/mol. The summed E-state index contributed by atoms with van der Waals surface area (Å²) in [5.41, 5.74) is 0.327. The highest BCUT2D eigenvalue weighted by Gasteiger charge is 2.21. The van der Waals surface area contributed by atoms with Gasteiger partial charge < -0.3 is 10.1 Å². The van der Waals surface area contributed by atoms with Gasteiger partial charge in [0.15, 0.2) is 9.84 Å². The number of carbonyl (C=O) groups excluding carboxylic acids is 1. The molecule has 0 aromatic heterocycles. The molecular formula is C19H21ClN2O6S2. The zero-order valence-electron chi connectivity index (χ0n) is 16.1. The van der Waals surface area contributed by atoms with Crippen molar-refractivity contribution in [3.63, 3.8) is 0 Å². The minimum Gasteiger partial charge on any atom is -0.377 e. The summed E-state index contributed by atoms with van der Waals surface area (Å²) < 4.78 is 56.1. The molecule has 2 N–H and O–H groups in total. The highest BCUT2D eigenvalue weighted by Crippen LogP contribution is 2.26. The Balaban J connectivity index is 1.71. The van der Waals surface area contributed by atoms with Gasteiger partial charge in [-0.3, -0.25) is 4.79 Å². The molecule has 1 saturated heterocycles. The molecule has 1 unspecified atom stereocenters. The van der Waals surface area contributed by atoms with E-state index in [0.29, 0.717) is 6.61 Å². The molecule has 1 amide bonds. The van der Waals surface area contributed by atoms with Crippen LogP contribution in [0.2, 0.25) is 5.02 Å². The van der Waals surface area contributed by atoms with Gasteiger partial charge in [0, 0.05) is 25.0 Å². The van der Waals surface area contributed by atoms with Crippen LogP contribution in [-0.2, 0) is 24.6 Å². The molecule has 0 saturated carbocycles. The molecule has 1 atom stereocenters. The van der Waals surface area contributed by atoms with Crippen molar-refractivity contribution >= 4 is 43.1 Å². The number of anilines is 1. The fourth-order valence-corrected chi connectivity index (χ4v) is 4.78. The number of amides is 1. The molecule has 2 aromatic carbocycles. The summed E-state index contributed by atoms with van der Waals surface area (Å²) >= 11 is 6.04. The Morgan fingerprint density at radius 1 is 1.10 bits per heavy atom. The zero-order valence-corrected chi connectivity index (χ0v) is 18.5. The maximum absolute atomic E-state index is 12.5. The van der Waals surface area contributed by atoms with Gasteiger partial charge in [-0.2, -0.15) is 0 Å². The van der Waals surface area contributed by atoms with Crippen molar-refractivity contribution in [1.82, 2.24) is 4.72 Å². The smallest absolute Gasteiger partial charge is 0.255 e. The van der Waals surface area contributed by atoms with Crippen LogP contribution < -0.4 is 10.0 Å². The normalized spacial score (nSPS) is 17.1. The number of sulfonamides is 1. The van der Waals surface area contributed by atoms with E-state index in [1.54, 1.807) is 0 Å². The average molecular weight is 473 g/mol. The molecule has 8 nitrogen and oxygen atoms in total. The summed E-state index contributed by atoms with van der Waals surface area (Å²) in [5.74, 6) is -0.557. The highest BCUT2D eigenvalue weighted by molar-refractivity contribution is 7.90. The maximum atomic E-state index is 12.5. The molecule has 1 aliphatic heterocycles. The number of ether oxygens (including phenoxy) is 1. The maximum Gasteiger partial charge on any atom is 0.255 e. The second kappa shape index (κ2) is 9.03. The zero-order chi connectivity index (χ0) is 21.9. The van der Waals surface area contributed by atoms with Gasteiger partial charge in [-0.1, -0.05) is 11.6 Å². The largest absolute Gasteiger partial charge is 0.377 e. The van der Waals surface area contributed by atoms with Gasteiger partial charge in [-0.25, -0.2) is 21.6 Å². The first-order valence-electron chi connectivity index (χ1n) is 9.08.